The minimum absolute atomic E-state index is 0.119. The van der Waals surface area contributed by atoms with Crippen molar-refractivity contribution in [1.82, 2.24) is 9.88 Å². The highest BCUT2D eigenvalue weighted by atomic mass is 19.3. The average molecular weight is 444 g/mol. The molecule has 1 aromatic heterocycles. The van der Waals surface area contributed by atoms with Crippen molar-refractivity contribution in [1.29, 1.82) is 0 Å². The molecular weight excluding hydrogens is 418 g/mol. The Labute approximate surface area is 185 Å². The van der Waals surface area contributed by atoms with Gasteiger partial charge in [0.05, 0.1) is 19.8 Å². The molecule has 0 spiro atoms. The van der Waals surface area contributed by atoms with E-state index in [1.807, 2.05) is 30.2 Å². The number of hydrogen-bond donors (Lipinski definition) is 1. The number of aromatic nitrogens is 1. The highest BCUT2D eigenvalue weighted by Crippen LogP contribution is 2.40. The number of aryl methyl sites for hydroxylation is 1. The third-order valence-corrected chi connectivity index (χ3v) is 5.91. The molecule has 0 saturated carbocycles. The molecule has 1 unspecified atom stereocenters. The zero-order valence-electron chi connectivity index (χ0n) is 18.1. The molecule has 3 aromatic rings. The first-order valence-electron chi connectivity index (χ1n) is 10.6. The van der Waals surface area contributed by atoms with E-state index in [0.717, 1.165) is 40.4 Å². The SMILES string of the molecule is CCOc1cc2c(cc1OC)CCN(C=O)C2CCc1c[nH]c2ccc(OC(F)F)cc12. The number of fused-ring (bicyclic) bond motifs is 2. The molecule has 32 heavy (non-hydrogen) atoms. The minimum atomic E-state index is -2.87. The number of ether oxygens (including phenoxy) is 3. The molecule has 0 fully saturated rings. The van der Waals surface area contributed by atoms with E-state index >= 15 is 0 Å². The predicted octanol–water partition coefficient (Wildman–Crippen LogP) is 4.87. The molecule has 0 radical (unpaired) electrons. The molecule has 4 rings (SSSR count). The van der Waals surface area contributed by atoms with Gasteiger partial charge in [0.1, 0.15) is 5.75 Å². The van der Waals surface area contributed by atoms with E-state index in [9.17, 15) is 13.6 Å². The fourth-order valence-corrected chi connectivity index (χ4v) is 4.44. The van der Waals surface area contributed by atoms with Crippen LogP contribution in [0.1, 0.15) is 36.1 Å². The Morgan fingerprint density at radius 2 is 2.09 bits per heavy atom. The summed E-state index contributed by atoms with van der Waals surface area (Å²) in [5.41, 5.74) is 4.02. The first-order valence-corrected chi connectivity index (χ1v) is 10.6. The number of methoxy groups -OCH3 is 1. The van der Waals surface area contributed by atoms with E-state index in [1.54, 1.807) is 19.2 Å². The Morgan fingerprint density at radius 3 is 2.81 bits per heavy atom. The zero-order valence-corrected chi connectivity index (χ0v) is 18.1. The number of benzene rings is 2. The summed E-state index contributed by atoms with van der Waals surface area (Å²) >= 11 is 0. The standard InChI is InChI=1S/C24H26F2N2O4/c1-3-31-23-12-19-15(10-22(23)30-2)8-9-28(14-29)21(19)7-4-16-13-27-20-6-5-17(11-18(16)20)32-24(25)26/h5-6,10-14,21,24,27H,3-4,7-9H2,1-2H3. The fraction of sp³-hybridized carbons (Fsp3) is 0.375. The summed E-state index contributed by atoms with van der Waals surface area (Å²) in [6.45, 7) is 0.178. The number of halogens is 2. The maximum absolute atomic E-state index is 12.6. The van der Waals surface area contributed by atoms with Crippen molar-refractivity contribution in [2.75, 3.05) is 20.3 Å². The van der Waals surface area contributed by atoms with Gasteiger partial charge in [-0.3, -0.25) is 4.79 Å². The number of H-pyrrole nitrogens is 1. The van der Waals surface area contributed by atoms with Crippen LogP contribution in [0.5, 0.6) is 17.2 Å². The molecular formula is C24H26F2N2O4. The van der Waals surface area contributed by atoms with Crippen molar-refractivity contribution in [2.24, 2.45) is 0 Å². The minimum Gasteiger partial charge on any atom is -0.493 e. The summed E-state index contributed by atoms with van der Waals surface area (Å²) in [6.07, 6.45) is 4.85. The Hall–Kier alpha value is -3.29. The number of nitrogens with zero attached hydrogens (tertiary/aromatic N) is 1. The molecule has 170 valence electrons. The smallest absolute Gasteiger partial charge is 0.387 e. The topological polar surface area (TPSA) is 63.8 Å². The normalized spacial score (nSPS) is 15.7. The maximum Gasteiger partial charge on any atom is 0.387 e. The van der Waals surface area contributed by atoms with Crippen LogP contribution < -0.4 is 14.2 Å². The van der Waals surface area contributed by atoms with Crippen molar-refractivity contribution in [3.63, 3.8) is 0 Å². The molecule has 0 aliphatic carbocycles. The molecule has 1 amide bonds. The lowest BCUT2D eigenvalue weighted by atomic mass is 9.88. The molecule has 2 heterocycles. The second-order valence-electron chi connectivity index (χ2n) is 7.68. The molecule has 0 saturated heterocycles. The van der Waals surface area contributed by atoms with Gasteiger partial charge in [0.15, 0.2) is 11.5 Å². The van der Waals surface area contributed by atoms with Crippen LogP contribution in [-0.4, -0.2) is 43.2 Å². The number of amides is 1. The number of carbonyl (C=O) groups is 1. The molecule has 1 aliphatic heterocycles. The number of alkyl halides is 2. The molecule has 1 atom stereocenters. The quantitative estimate of drug-likeness (QED) is 0.479. The van der Waals surface area contributed by atoms with E-state index in [4.69, 9.17) is 9.47 Å². The highest BCUT2D eigenvalue weighted by molar-refractivity contribution is 5.84. The van der Waals surface area contributed by atoms with Crippen LogP contribution in [0.4, 0.5) is 8.78 Å². The number of aromatic amines is 1. The Balaban J connectivity index is 1.62. The lowest BCUT2D eigenvalue weighted by molar-refractivity contribution is -0.120. The van der Waals surface area contributed by atoms with Crippen molar-refractivity contribution >= 4 is 17.3 Å². The summed E-state index contributed by atoms with van der Waals surface area (Å²) in [5.74, 6) is 1.47. The van der Waals surface area contributed by atoms with Crippen LogP contribution in [-0.2, 0) is 17.6 Å². The third-order valence-electron chi connectivity index (χ3n) is 5.91. The van der Waals surface area contributed by atoms with Crippen LogP contribution in [0.15, 0.2) is 36.5 Å². The average Bonchev–Trinajstić information content (AvgIpc) is 3.19. The molecule has 2 aromatic carbocycles. The van der Waals surface area contributed by atoms with Crippen molar-refractivity contribution in [3.05, 3.63) is 53.2 Å². The first-order chi connectivity index (χ1) is 15.5. The molecule has 8 heteroatoms. The summed E-state index contributed by atoms with van der Waals surface area (Å²) in [7, 11) is 1.62. The first kappa shape index (κ1) is 21.9. The van der Waals surface area contributed by atoms with Gasteiger partial charge in [-0.15, -0.1) is 0 Å². The van der Waals surface area contributed by atoms with Gasteiger partial charge in [0.2, 0.25) is 6.41 Å². The molecule has 1 N–H and O–H groups in total. The lowest BCUT2D eigenvalue weighted by Gasteiger charge is -2.35. The summed E-state index contributed by atoms with van der Waals surface area (Å²) in [4.78, 5) is 16.8. The van der Waals surface area contributed by atoms with Crippen molar-refractivity contribution in [2.45, 2.75) is 38.8 Å². The van der Waals surface area contributed by atoms with E-state index in [-0.39, 0.29) is 11.8 Å². The van der Waals surface area contributed by atoms with Gasteiger partial charge in [-0.25, -0.2) is 0 Å². The van der Waals surface area contributed by atoms with E-state index in [2.05, 4.69) is 9.72 Å². The summed E-state index contributed by atoms with van der Waals surface area (Å²) < 4.78 is 41.0. The van der Waals surface area contributed by atoms with Crippen molar-refractivity contribution < 1.29 is 27.8 Å². The van der Waals surface area contributed by atoms with Crippen LogP contribution in [0, 0.1) is 0 Å². The third kappa shape index (κ3) is 4.35. The van der Waals surface area contributed by atoms with Gasteiger partial charge in [-0.2, -0.15) is 8.78 Å². The molecule has 1 aliphatic rings. The van der Waals surface area contributed by atoms with Crippen molar-refractivity contribution in [3.8, 4) is 17.2 Å². The van der Waals surface area contributed by atoms with Gasteiger partial charge in [-0.05, 0) is 73.2 Å². The lowest BCUT2D eigenvalue weighted by Crippen LogP contribution is -2.34. The van der Waals surface area contributed by atoms with Gasteiger partial charge >= 0.3 is 6.61 Å². The summed E-state index contributed by atoms with van der Waals surface area (Å²) in [5, 5.41) is 0.835. The highest BCUT2D eigenvalue weighted by Gasteiger charge is 2.28. The second kappa shape index (κ2) is 9.46. The largest absolute Gasteiger partial charge is 0.493 e. The molecule has 0 bridgehead atoms. The zero-order chi connectivity index (χ0) is 22.7. The number of rotatable bonds is 9. The van der Waals surface area contributed by atoms with Gasteiger partial charge in [0.25, 0.3) is 0 Å². The van der Waals surface area contributed by atoms with Crippen LogP contribution >= 0.6 is 0 Å². The van der Waals surface area contributed by atoms with Crippen LogP contribution in [0.3, 0.4) is 0 Å². The number of carbonyl (C=O) groups excluding carboxylic acids is 1. The Kier molecular flexibility index (Phi) is 6.48. The van der Waals surface area contributed by atoms with Gasteiger partial charge < -0.3 is 24.1 Å². The van der Waals surface area contributed by atoms with Gasteiger partial charge in [0, 0.05) is 23.6 Å². The predicted molar refractivity (Wildman–Crippen MR) is 117 cm³/mol. The van der Waals surface area contributed by atoms with Gasteiger partial charge in [-0.1, -0.05) is 0 Å². The Bertz CT molecular complexity index is 1100. The maximum atomic E-state index is 12.6. The Morgan fingerprint density at radius 1 is 1.25 bits per heavy atom. The second-order valence-corrected chi connectivity index (χ2v) is 7.68. The van der Waals surface area contributed by atoms with E-state index < -0.39 is 6.61 Å². The summed E-state index contributed by atoms with van der Waals surface area (Å²) in [6, 6.07) is 8.72. The fourth-order valence-electron chi connectivity index (χ4n) is 4.44. The van der Waals surface area contributed by atoms with Crippen LogP contribution in [0.2, 0.25) is 0 Å². The monoisotopic (exact) mass is 444 g/mol. The van der Waals surface area contributed by atoms with Crippen LogP contribution in [0.25, 0.3) is 10.9 Å². The van der Waals surface area contributed by atoms with E-state index in [0.29, 0.717) is 37.5 Å². The molecule has 6 nitrogen and oxygen atoms in total. The number of nitrogens with one attached hydrogen (secondary N) is 1. The number of hydrogen-bond acceptors (Lipinski definition) is 4. The van der Waals surface area contributed by atoms with E-state index in [1.165, 1.54) is 6.07 Å².